The van der Waals surface area contributed by atoms with E-state index in [1.165, 1.54) is 19.4 Å². The fourth-order valence-electron chi connectivity index (χ4n) is 2.93. The Morgan fingerprint density at radius 2 is 2.30 bits per heavy atom. The number of pyridine rings is 1. The maximum atomic E-state index is 6.03. The van der Waals surface area contributed by atoms with E-state index in [1.54, 1.807) is 0 Å². The lowest BCUT2D eigenvalue weighted by Gasteiger charge is -2.33. The van der Waals surface area contributed by atoms with E-state index in [2.05, 4.69) is 28.2 Å². The molecule has 1 N–H and O–H groups in total. The van der Waals surface area contributed by atoms with Crippen molar-refractivity contribution in [2.75, 3.05) is 25.0 Å². The van der Waals surface area contributed by atoms with Gasteiger partial charge in [-0.05, 0) is 50.2 Å². The van der Waals surface area contributed by atoms with Crippen LogP contribution in [0.4, 0.5) is 5.69 Å². The van der Waals surface area contributed by atoms with E-state index in [1.807, 2.05) is 24.4 Å². The van der Waals surface area contributed by atoms with Crippen molar-refractivity contribution in [1.29, 1.82) is 0 Å². The summed E-state index contributed by atoms with van der Waals surface area (Å²) < 4.78 is 0. The van der Waals surface area contributed by atoms with Gasteiger partial charge < -0.3 is 10.2 Å². The molecule has 2 aromatic rings. The highest BCUT2D eigenvalue weighted by Crippen LogP contribution is 2.26. The quantitative estimate of drug-likeness (QED) is 0.932. The first-order valence-corrected chi connectivity index (χ1v) is 7.67. The van der Waals surface area contributed by atoms with Crippen LogP contribution in [0.2, 0.25) is 5.02 Å². The van der Waals surface area contributed by atoms with Crippen molar-refractivity contribution in [2.24, 2.45) is 0 Å². The van der Waals surface area contributed by atoms with E-state index in [4.69, 9.17) is 11.6 Å². The SMILES string of the molecule is CCN1CCC[C@H](Nc2ccnc3cc(Cl)ccc23)C1. The fraction of sp³-hybridized carbons (Fsp3) is 0.438. The van der Waals surface area contributed by atoms with E-state index >= 15 is 0 Å². The molecule has 3 rings (SSSR count). The average Bonchev–Trinajstić information content (AvgIpc) is 2.47. The van der Waals surface area contributed by atoms with Gasteiger partial charge in [-0.1, -0.05) is 18.5 Å². The molecule has 1 aliphatic rings. The number of nitrogens with one attached hydrogen (secondary N) is 1. The smallest absolute Gasteiger partial charge is 0.0737 e. The summed E-state index contributed by atoms with van der Waals surface area (Å²) in [4.78, 5) is 6.89. The molecule has 0 unspecified atom stereocenters. The maximum absolute atomic E-state index is 6.03. The third kappa shape index (κ3) is 2.89. The highest BCUT2D eigenvalue weighted by molar-refractivity contribution is 6.31. The molecule has 1 aromatic carbocycles. The number of halogens is 1. The molecule has 0 amide bonds. The Morgan fingerprint density at radius 1 is 1.40 bits per heavy atom. The van der Waals surface area contributed by atoms with Crippen molar-refractivity contribution >= 4 is 28.2 Å². The molecule has 0 saturated carbocycles. The minimum absolute atomic E-state index is 0.518. The monoisotopic (exact) mass is 289 g/mol. The van der Waals surface area contributed by atoms with Crippen molar-refractivity contribution < 1.29 is 0 Å². The summed E-state index contributed by atoms with van der Waals surface area (Å²) in [5.74, 6) is 0. The number of rotatable bonds is 3. The first-order valence-electron chi connectivity index (χ1n) is 7.29. The molecule has 1 aliphatic heterocycles. The van der Waals surface area contributed by atoms with Crippen molar-refractivity contribution in [3.63, 3.8) is 0 Å². The molecule has 1 saturated heterocycles. The van der Waals surface area contributed by atoms with Crippen LogP contribution in [0.15, 0.2) is 30.5 Å². The van der Waals surface area contributed by atoms with Gasteiger partial charge in [0.2, 0.25) is 0 Å². The van der Waals surface area contributed by atoms with Gasteiger partial charge in [0, 0.05) is 34.9 Å². The van der Waals surface area contributed by atoms with E-state index in [0.29, 0.717) is 6.04 Å². The van der Waals surface area contributed by atoms with Crippen LogP contribution in [-0.2, 0) is 0 Å². The molecular formula is C16H20ClN3. The number of piperidine rings is 1. The Balaban J connectivity index is 1.83. The minimum Gasteiger partial charge on any atom is -0.380 e. The molecular weight excluding hydrogens is 270 g/mol. The van der Waals surface area contributed by atoms with Crippen LogP contribution in [-0.4, -0.2) is 35.6 Å². The lowest BCUT2D eigenvalue weighted by molar-refractivity contribution is 0.227. The van der Waals surface area contributed by atoms with Gasteiger partial charge in [-0.25, -0.2) is 0 Å². The number of nitrogens with zero attached hydrogens (tertiary/aromatic N) is 2. The standard InChI is InChI=1S/C16H20ClN3/c1-2-20-9-3-4-13(11-20)19-15-7-8-18-16-10-12(17)5-6-14(15)16/h5-8,10,13H,2-4,9,11H2,1H3,(H,18,19)/t13-/m0/s1. The lowest BCUT2D eigenvalue weighted by Crippen LogP contribution is -2.41. The van der Waals surface area contributed by atoms with Crippen molar-refractivity contribution in [1.82, 2.24) is 9.88 Å². The van der Waals surface area contributed by atoms with Crippen LogP contribution >= 0.6 is 11.6 Å². The summed E-state index contributed by atoms with van der Waals surface area (Å²) in [5.41, 5.74) is 2.11. The molecule has 3 nitrogen and oxygen atoms in total. The molecule has 2 heterocycles. The van der Waals surface area contributed by atoms with Crippen LogP contribution < -0.4 is 5.32 Å². The van der Waals surface area contributed by atoms with Gasteiger partial charge >= 0.3 is 0 Å². The van der Waals surface area contributed by atoms with E-state index in [9.17, 15) is 0 Å². The fourth-order valence-corrected chi connectivity index (χ4v) is 3.09. The second-order valence-corrected chi connectivity index (χ2v) is 5.83. The predicted molar refractivity (Wildman–Crippen MR) is 85.5 cm³/mol. The summed E-state index contributed by atoms with van der Waals surface area (Å²) in [5, 5.41) is 5.56. The highest BCUT2D eigenvalue weighted by atomic mass is 35.5. The second-order valence-electron chi connectivity index (χ2n) is 5.40. The van der Waals surface area contributed by atoms with Gasteiger partial charge in [0.25, 0.3) is 0 Å². The van der Waals surface area contributed by atoms with Crippen molar-refractivity contribution in [3.8, 4) is 0 Å². The number of likely N-dealkylation sites (tertiary alicyclic amines) is 1. The molecule has 1 aromatic heterocycles. The van der Waals surface area contributed by atoms with Gasteiger partial charge in [0.15, 0.2) is 0 Å². The summed E-state index contributed by atoms with van der Waals surface area (Å²) in [6.07, 6.45) is 4.34. The van der Waals surface area contributed by atoms with Crippen LogP contribution in [0, 0.1) is 0 Å². The van der Waals surface area contributed by atoms with Crippen LogP contribution in [0.5, 0.6) is 0 Å². The topological polar surface area (TPSA) is 28.2 Å². The zero-order valence-electron chi connectivity index (χ0n) is 11.8. The largest absolute Gasteiger partial charge is 0.380 e. The number of hydrogen-bond acceptors (Lipinski definition) is 3. The predicted octanol–water partition coefficient (Wildman–Crippen LogP) is 3.78. The van der Waals surface area contributed by atoms with E-state index in [0.717, 1.165) is 34.7 Å². The third-order valence-corrected chi connectivity index (χ3v) is 4.25. The molecule has 20 heavy (non-hydrogen) atoms. The third-order valence-electron chi connectivity index (χ3n) is 4.02. The molecule has 0 spiro atoms. The van der Waals surface area contributed by atoms with Crippen molar-refractivity contribution in [3.05, 3.63) is 35.5 Å². The van der Waals surface area contributed by atoms with Crippen LogP contribution in [0.1, 0.15) is 19.8 Å². The second kappa shape index (κ2) is 5.98. The molecule has 4 heteroatoms. The molecule has 106 valence electrons. The Kier molecular flexibility index (Phi) is 4.08. The number of anilines is 1. The van der Waals surface area contributed by atoms with Gasteiger partial charge in [-0.15, -0.1) is 0 Å². The number of aromatic nitrogens is 1. The van der Waals surface area contributed by atoms with E-state index in [-0.39, 0.29) is 0 Å². The van der Waals surface area contributed by atoms with Gasteiger partial charge in [-0.2, -0.15) is 0 Å². The molecule has 0 radical (unpaired) electrons. The number of benzene rings is 1. The van der Waals surface area contributed by atoms with E-state index < -0.39 is 0 Å². The Morgan fingerprint density at radius 3 is 3.15 bits per heavy atom. The summed E-state index contributed by atoms with van der Waals surface area (Å²) in [6.45, 7) is 5.70. The molecule has 0 aliphatic carbocycles. The zero-order valence-corrected chi connectivity index (χ0v) is 12.5. The molecule has 1 atom stereocenters. The summed E-state index contributed by atoms with van der Waals surface area (Å²) in [7, 11) is 0. The summed E-state index contributed by atoms with van der Waals surface area (Å²) in [6, 6.07) is 8.47. The highest BCUT2D eigenvalue weighted by Gasteiger charge is 2.19. The number of likely N-dealkylation sites (N-methyl/N-ethyl adjacent to an activating group) is 1. The minimum atomic E-state index is 0.518. The maximum Gasteiger partial charge on any atom is 0.0737 e. The molecule has 1 fully saturated rings. The van der Waals surface area contributed by atoms with Crippen molar-refractivity contribution in [2.45, 2.75) is 25.8 Å². The van der Waals surface area contributed by atoms with Crippen LogP contribution in [0.3, 0.4) is 0 Å². The number of hydrogen-bond donors (Lipinski definition) is 1. The summed E-state index contributed by atoms with van der Waals surface area (Å²) >= 11 is 6.03. The van der Waals surface area contributed by atoms with Crippen LogP contribution in [0.25, 0.3) is 10.9 Å². The first-order chi connectivity index (χ1) is 9.76. The Bertz CT molecular complexity index is 599. The zero-order chi connectivity index (χ0) is 13.9. The average molecular weight is 290 g/mol. The molecule has 0 bridgehead atoms. The Labute approximate surface area is 124 Å². The lowest BCUT2D eigenvalue weighted by atomic mass is 10.0. The van der Waals surface area contributed by atoms with Gasteiger partial charge in [0.05, 0.1) is 5.52 Å². The van der Waals surface area contributed by atoms with Gasteiger partial charge in [0.1, 0.15) is 0 Å². The van der Waals surface area contributed by atoms with Gasteiger partial charge in [-0.3, -0.25) is 4.98 Å². The normalized spacial score (nSPS) is 20.2. The number of fused-ring (bicyclic) bond motifs is 1. The Hall–Kier alpha value is -1.32. The first kappa shape index (κ1) is 13.7.